The fourth-order valence-corrected chi connectivity index (χ4v) is 4.57. The molecule has 1 aromatic heterocycles. The van der Waals surface area contributed by atoms with Gasteiger partial charge in [-0.25, -0.2) is 9.59 Å². The molecule has 0 bridgehead atoms. The van der Waals surface area contributed by atoms with E-state index in [-0.39, 0.29) is 29.1 Å². The third-order valence-corrected chi connectivity index (χ3v) is 6.17. The van der Waals surface area contributed by atoms with Crippen molar-refractivity contribution in [3.8, 4) is 28.7 Å². The predicted molar refractivity (Wildman–Crippen MR) is 117 cm³/mol. The number of carbonyl (C=O) groups is 1. The average Bonchev–Trinajstić information content (AvgIpc) is 3.13. The number of rotatable bonds is 4. The second-order valence-corrected chi connectivity index (χ2v) is 7.88. The van der Waals surface area contributed by atoms with E-state index in [4.69, 9.17) is 28.1 Å². The highest BCUT2D eigenvalue weighted by molar-refractivity contribution is 5.96. The largest absolute Gasteiger partial charge is 0.496 e. The molecule has 3 aromatic rings. The number of aryl methyl sites for hydroxylation is 1. The Labute approximate surface area is 193 Å². The minimum Gasteiger partial charge on any atom is -0.496 e. The Hall–Kier alpha value is -3.92. The Kier molecular flexibility index (Phi) is 5.05. The molecule has 0 amide bonds. The van der Waals surface area contributed by atoms with Gasteiger partial charge in [0.15, 0.2) is 29.1 Å². The van der Waals surface area contributed by atoms with Crippen LogP contribution in [0.4, 0.5) is 0 Å². The van der Waals surface area contributed by atoms with Gasteiger partial charge in [0, 0.05) is 6.42 Å². The lowest BCUT2D eigenvalue weighted by Gasteiger charge is -2.37. The third kappa shape index (κ3) is 2.98. The predicted octanol–water partition coefficient (Wildman–Crippen LogP) is 2.75. The molecule has 2 aliphatic heterocycles. The molecule has 34 heavy (non-hydrogen) atoms. The molecule has 0 fully saturated rings. The lowest BCUT2D eigenvalue weighted by molar-refractivity contribution is -0.180. The summed E-state index contributed by atoms with van der Waals surface area (Å²) in [5, 5.41) is 11.8. The molecular formula is C24H22O10. The molecule has 1 spiro atoms. The second-order valence-electron chi connectivity index (χ2n) is 7.88. The minimum absolute atomic E-state index is 0.0890. The minimum atomic E-state index is -1.50. The van der Waals surface area contributed by atoms with Crippen LogP contribution in [0.2, 0.25) is 0 Å². The van der Waals surface area contributed by atoms with Gasteiger partial charge in [-0.15, -0.1) is 0 Å². The van der Waals surface area contributed by atoms with Crippen LogP contribution in [0.25, 0.3) is 10.8 Å². The molecule has 0 radical (unpaired) electrons. The monoisotopic (exact) mass is 470 g/mol. The van der Waals surface area contributed by atoms with Crippen LogP contribution in [0, 0.1) is 0 Å². The van der Waals surface area contributed by atoms with Gasteiger partial charge in [-0.1, -0.05) is 0 Å². The molecule has 2 aromatic carbocycles. The first kappa shape index (κ1) is 21.9. The van der Waals surface area contributed by atoms with Crippen LogP contribution in [0.15, 0.2) is 33.5 Å². The molecule has 2 atom stereocenters. The van der Waals surface area contributed by atoms with Crippen LogP contribution in [0.1, 0.15) is 34.2 Å². The summed E-state index contributed by atoms with van der Waals surface area (Å²) in [4.78, 5) is 24.7. The average molecular weight is 470 g/mol. The van der Waals surface area contributed by atoms with Crippen molar-refractivity contribution in [3.63, 3.8) is 0 Å². The summed E-state index contributed by atoms with van der Waals surface area (Å²) in [6, 6.07) is 6.50. The van der Waals surface area contributed by atoms with Crippen molar-refractivity contribution in [2.24, 2.45) is 0 Å². The summed E-state index contributed by atoms with van der Waals surface area (Å²) in [6.07, 6.45) is -0.507. The van der Waals surface area contributed by atoms with E-state index in [1.165, 1.54) is 34.5 Å². The Morgan fingerprint density at radius 1 is 1.03 bits per heavy atom. The third-order valence-electron chi connectivity index (χ3n) is 6.17. The number of fused-ring (bicyclic) bond motifs is 3. The van der Waals surface area contributed by atoms with Gasteiger partial charge in [0.05, 0.1) is 34.0 Å². The SMILES string of the molecule is COC(=O)c1cc2cc3c(c(OC)c2c(=O)o1)O[C@]1(CC3)Oc2c(OC)ccc(OC)c2[C@H]1O. The number of ether oxygens (including phenoxy) is 6. The maximum Gasteiger partial charge on any atom is 0.374 e. The highest BCUT2D eigenvalue weighted by Gasteiger charge is 2.55. The Bertz CT molecular complexity index is 1370. The number of carbonyl (C=O) groups excluding carboxylic acids is 1. The van der Waals surface area contributed by atoms with Gasteiger partial charge in [-0.2, -0.15) is 0 Å². The van der Waals surface area contributed by atoms with Crippen molar-refractivity contribution < 1.29 is 42.7 Å². The molecular weight excluding hydrogens is 448 g/mol. The molecule has 0 saturated heterocycles. The summed E-state index contributed by atoms with van der Waals surface area (Å²) >= 11 is 0. The molecule has 0 saturated carbocycles. The molecule has 0 unspecified atom stereocenters. The molecule has 178 valence electrons. The standard InChI is InChI=1S/C24H22O10/c1-28-13-5-6-14(29-2)19-17(13)21(25)24(34-19)8-7-11-9-12-10-15(22(26)31-4)32-23(27)16(12)20(30-3)18(11)33-24/h5-6,9-10,21,25H,7-8H2,1-4H3/t21-,24-/m1/s1. The number of methoxy groups -OCH3 is 4. The van der Waals surface area contributed by atoms with Crippen LogP contribution in [-0.2, 0) is 11.2 Å². The van der Waals surface area contributed by atoms with Crippen LogP contribution in [-0.4, -0.2) is 45.3 Å². The maximum absolute atomic E-state index is 12.8. The zero-order valence-corrected chi connectivity index (χ0v) is 18.9. The molecule has 10 heteroatoms. The van der Waals surface area contributed by atoms with Gasteiger partial charge in [0.1, 0.15) is 11.1 Å². The van der Waals surface area contributed by atoms with Crippen molar-refractivity contribution in [3.05, 3.63) is 51.6 Å². The van der Waals surface area contributed by atoms with Crippen LogP contribution in [0.3, 0.4) is 0 Å². The van der Waals surface area contributed by atoms with Crippen LogP contribution >= 0.6 is 0 Å². The highest BCUT2D eigenvalue weighted by atomic mass is 16.7. The maximum atomic E-state index is 12.8. The molecule has 2 aliphatic rings. The van der Waals surface area contributed by atoms with Gasteiger partial charge in [0.25, 0.3) is 5.79 Å². The number of aliphatic hydroxyl groups is 1. The van der Waals surface area contributed by atoms with E-state index in [9.17, 15) is 14.7 Å². The summed E-state index contributed by atoms with van der Waals surface area (Å²) in [5.74, 6) is -0.969. The smallest absolute Gasteiger partial charge is 0.374 e. The Morgan fingerprint density at radius 2 is 1.74 bits per heavy atom. The van der Waals surface area contributed by atoms with Crippen molar-refractivity contribution in [1.82, 2.24) is 0 Å². The van der Waals surface area contributed by atoms with E-state index in [2.05, 4.69) is 4.74 Å². The number of hydrogen-bond acceptors (Lipinski definition) is 10. The van der Waals surface area contributed by atoms with E-state index in [0.717, 1.165) is 0 Å². The van der Waals surface area contributed by atoms with Gasteiger partial charge < -0.3 is 37.9 Å². The van der Waals surface area contributed by atoms with E-state index < -0.39 is 23.5 Å². The van der Waals surface area contributed by atoms with Gasteiger partial charge in [-0.05, 0) is 41.6 Å². The molecule has 1 N–H and O–H groups in total. The van der Waals surface area contributed by atoms with Crippen LogP contribution in [0.5, 0.6) is 28.7 Å². The first-order valence-corrected chi connectivity index (χ1v) is 10.4. The van der Waals surface area contributed by atoms with Crippen molar-refractivity contribution >= 4 is 16.7 Å². The number of hydrogen-bond donors (Lipinski definition) is 1. The lowest BCUT2D eigenvalue weighted by Crippen LogP contribution is -2.47. The quantitative estimate of drug-likeness (QED) is 0.570. The van der Waals surface area contributed by atoms with Gasteiger partial charge in [0.2, 0.25) is 5.76 Å². The molecule has 3 heterocycles. The highest BCUT2D eigenvalue weighted by Crippen LogP contribution is 2.57. The summed E-state index contributed by atoms with van der Waals surface area (Å²) in [7, 11) is 5.58. The molecule has 5 rings (SSSR count). The van der Waals surface area contributed by atoms with E-state index >= 15 is 0 Å². The fourth-order valence-electron chi connectivity index (χ4n) is 4.57. The molecule has 0 aliphatic carbocycles. The van der Waals surface area contributed by atoms with E-state index in [0.29, 0.717) is 40.2 Å². The van der Waals surface area contributed by atoms with Gasteiger partial charge in [-0.3, -0.25) is 0 Å². The van der Waals surface area contributed by atoms with Crippen molar-refractivity contribution in [2.75, 3.05) is 28.4 Å². The Morgan fingerprint density at radius 3 is 2.41 bits per heavy atom. The van der Waals surface area contributed by atoms with Crippen molar-refractivity contribution in [1.29, 1.82) is 0 Å². The number of aliphatic hydroxyl groups excluding tert-OH is 1. The van der Waals surface area contributed by atoms with Crippen LogP contribution < -0.4 is 29.3 Å². The van der Waals surface area contributed by atoms with Gasteiger partial charge >= 0.3 is 11.6 Å². The first-order valence-electron chi connectivity index (χ1n) is 10.4. The number of esters is 1. The fraction of sp³-hybridized carbons (Fsp3) is 0.333. The Balaban J connectivity index is 1.65. The van der Waals surface area contributed by atoms with E-state index in [1.54, 1.807) is 18.2 Å². The summed E-state index contributed by atoms with van der Waals surface area (Å²) in [6.45, 7) is 0. The normalized spacial score (nSPS) is 20.2. The lowest BCUT2D eigenvalue weighted by atomic mass is 9.92. The number of benzene rings is 2. The first-order chi connectivity index (χ1) is 16.4. The zero-order chi connectivity index (χ0) is 24.2. The topological polar surface area (TPSA) is 123 Å². The van der Waals surface area contributed by atoms with Crippen molar-refractivity contribution in [2.45, 2.75) is 24.7 Å². The summed E-state index contributed by atoms with van der Waals surface area (Å²) in [5.41, 5.74) is 0.328. The summed E-state index contributed by atoms with van der Waals surface area (Å²) < 4.78 is 38.6. The second kappa shape index (κ2) is 7.84. The van der Waals surface area contributed by atoms with E-state index in [1.807, 2.05) is 0 Å². The molecule has 10 nitrogen and oxygen atoms in total. The zero-order valence-electron chi connectivity index (χ0n) is 18.9.